The fourth-order valence-electron chi connectivity index (χ4n) is 10.1. The number of hydrogen-bond donors (Lipinski definition) is 7. The number of amides is 1. The lowest BCUT2D eigenvalue weighted by Gasteiger charge is -2.41. The standard InChI is InChI=1S/C60H107NO14/c1-4-6-8-10-12-14-16-18-19-20-21-22-23-24-25-26-27-28-29-31-33-35-37-39-52(63)60(70,44-38-36-34-32-30-17-15-13-11-9-7-5-2)56(67)50(46-72-58-55(66)54(65)53(64)51(45-62)75-58)61-59(69)74-47-73-57(68)48-40-42-49(71-3)43-41-48/h40-43,50-51,53-56,58,62,64-67,70H,4-39,44-47H2,1-3H3,(H,61,69)/t50-,51+,53-,54-,55+,56-,58-,60-/m0/s1. The molecule has 1 aromatic rings. The Morgan fingerprint density at radius 2 is 1.00 bits per heavy atom. The number of ether oxygens (including phenoxy) is 5. The van der Waals surface area contributed by atoms with Gasteiger partial charge >= 0.3 is 12.1 Å². The smallest absolute Gasteiger partial charge is 0.410 e. The molecule has 0 unspecified atom stereocenters. The number of aliphatic hydroxyl groups excluding tert-OH is 5. The zero-order valence-corrected chi connectivity index (χ0v) is 47.1. The Kier molecular flexibility index (Phi) is 40.0. The first-order valence-electron chi connectivity index (χ1n) is 30.0. The summed E-state index contributed by atoms with van der Waals surface area (Å²) in [5.41, 5.74) is -2.16. The Bertz CT molecular complexity index is 1550. The van der Waals surface area contributed by atoms with Gasteiger partial charge in [-0.2, -0.15) is 0 Å². The van der Waals surface area contributed by atoms with E-state index in [0.717, 1.165) is 51.4 Å². The molecule has 2 rings (SSSR count). The monoisotopic (exact) mass is 1070 g/mol. The minimum absolute atomic E-state index is 0.00292. The van der Waals surface area contributed by atoms with Gasteiger partial charge in [-0.3, -0.25) is 4.79 Å². The number of ketones is 1. The third-order valence-electron chi connectivity index (χ3n) is 15.1. The molecule has 0 aliphatic carbocycles. The van der Waals surface area contributed by atoms with Crippen LogP contribution in [0.3, 0.4) is 0 Å². The molecule has 8 atom stereocenters. The molecule has 1 aromatic carbocycles. The lowest BCUT2D eigenvalue weighted by atomic mass is 9.80. The highest BCUT2D eigenvalue weighted by molar-refractivity contribution is 5.89. The van der Waals surface area contributed by atoms with Crippen molar-refractivity contribution in [1.29, 1.82) is 0 Å². The SMILES string of the molecule is CCCCCCCCCCCCCCCCCCCCCCCCCC(=O)[C@@](O)(CCCCCCCCCCCCCC)[C@@H](O)[C@H](CO[C@H]1O[C@H](CO)[C@H](O)[C@H](O)[C@H]1O)NC(=O)OCOC(=O)c1ccc(OC)cc1. The van der Waals surface area contributed by atoms with Crippen LogP contribution >= 0.6 is 0 Å². The minimum Gasteiger partial charge on any atom is -0.497 e. The minimum atomic E-state index is -2.33. The van der Waals surface area contributed by atoms with Crippen molar-refractivity contribution >= 4 is 17.8 Å². The highest BCUT2D eigenvalue weighted by atomic mass is 16.7. The second-order valence-corrected chi connectivity index (χ2v) is 21.5. The summed E-state index contributed by atoms with van der Waals surface area (Å²) in [6.45, 7) is 2.26. The van der Waals surface area contributed by atoms with Crippen molar-refractivity contribution in [2.24, 2.45) is 0 Å². The van der Waals surface area contributed by atoms with E-state index in [-0.39, 0.29) is 18.4 Å². The molecule has 0 radical (unpaired) electrons. The topological polar surface area (TPSA) is 231 Å². The maximum absolute atomic E-state index is 14.2. The Morgan fingerprint density at radius 3 is 1.41 bits per heavy atom. The third kappa shape index (κ3) is 30.2. The zero-order chi connectivity index (χ0) is 54.8. The Hall–Kier alpha value is -2.89. The number of benzene rings is 1. The molecule has 0 saturated carbocycles. The van der Waals surface area contributed by atoms with Crippen LogP contribution in [-0.4, -0.2) is 124 Å². The molecule has 1 aliphatic heterocycles. The van der Waals surface area contributed by atoms with Gasteiger partial charge in [0.05, 0.1) is 31.9 Å². The van der Waals surface area contributed by atoms with Crippen molar-refractivity contribution in [3.63, 3.8) is 0 Å². The summed E-state index contributed by atoms with van der Waals surface area (Å²) in [7, 11) is 1.49. The maximum Gasteiger partial charge on any atom is 0.410 e. The molecule has 436 valence electrons. The van der Waals surface area contributed by atoms with E-state index in [0.29, 0.717) is 25.0 Å². The summed E-state index contributed by atoms with van der Waals surface area (Å²) < 4.78 is 26.6. The van der Waals surface area contributed by atoms with Crippen molar-refractivity contribution < 1.29 is 68.7 Å². The molecule has 15 nitrogen and oxygen atoms in total. The van der Waals surface area contributed by atoms with Gasteiger partial charge in [0.25, 0.3) is 0 Å². The molecular weight excluding hydrogens is 959 g/mol. The van der Waals surface area contributed by atoms with Crippen molar-refractivity contribution in [2.75, 3.05) is 27.1 Å². The van der Waals surface area contributed by atoms with Crippen LogP contribution in [0.2, 0.25) is 0 Å². The fourth-order valence-corrected chi connectivity index (χ4v) is 10.1. The average molecular weight is 1070 g/mol. The quantitative estimate of drug-likeness (QED) is 0.0183. The van der Waals surface area contributed by atoms with Gasteiger partial charge in [-0.25, -0.2) is 9.59 Å². The van der Waals surface area contributed by atoms with Crippen LogP contribution < -0.4 is 10.1 Å². The van der Waals surface area contributed by atoms with E-state index in [1.807, 2.05) is 0 Å². The van der Waals surface area contributed by atoms with Crippen LogP contribution in [0.5, 0.6) is 5.75 Å². The Labute approximate surface area is 453 Å². The number of methoxy groups -OCH3 is 1. The molecule has 1 heterocycles. The predicted molar refractivity (Wildman–Crippen MR) is 295 cm³/mol. The molecule has 1 amide bonds. The molecule has 0 bridgehead atoms. The van der Waals surface area contributed by atoms with Crippen LogP contribution in [0.25, 0.3) is 0 Å². The van der Waals surface area contributed by atoms with Gasteiger partial charge in [-0.15, -0.1) is 0 Å². The van der Waals surface area contributed by atoms with Gasteiger partial charge in [0.15, 0.2) is 17.7 Å². The van der Waals surface area contributed by atoms with E-state index < -0.39 is 86.3 Å². The largest absolute Gasteiger partial charge is 0.497 e. The van der Waals surface area contributed by atoms with Crippen molar-refractivity contribution in [2.45, 2.75) is 300 Å². The summed E-state index contributed by atoms with van der Waals surface area (Å²) >= 11 is 0. The van der Waals surface area contributed by atoms with Gasteiger partial charge in [0, 0.05) is 6.42 Å². The number of esters is 1. The maximum atomic E-state index is 14.2. The fraction of sp³-hybridized carbons (Fsp3) is 0.850. The summed E-state index contributed by atoms with van der Waals surface area (Å²) in [5.74, 6) is -0.847. The zero-order valence-electron chi connectivity index (χ0n) is 47.1. The second-order valence-electron chi connectivity index (χ2n) is 21.5. The van der Waals surface area contributed by atoms with Crippen LogP contribution in [0, 0.1) is 0 Å². The number of Topliss-reactive ketones (excluding diaryl/α,β-unsaturated/α-hetero) is 1. The Balaban J connectivity index is 1.95. The number of unbranched alkanes of at least 4 members (excludes halogenated alkanes) is 33. The van der Waals surface area contributed by atoms with E-state index in [4.69, 9.17) is 23.7 Å². The number of carbonyl (C=O) groups excluding carboxylic acids is 3. The normalized spacial score (nSPS) is 19.3. The first-order valence-corrected chi connectivity index (χ1v) is 30.0. The van der Waals surface area contributed by atoms with Gasteiger partial charge < -0.3 is 59.6 Å². The van der Waals surface area contributed by atoms with Crippen LogP contribution in [0.1, 0.15) is 262 Å². The van der Waals surface area contributed by atoms with Crippen LogP contribution in [0.15, 0.2) is 24.3 Å². The molecule has 1 saturated heterocycles. The number of alkyl carbamates (subject to hydrolysis) is 1. The van der Waals surface area contributed by atoms with E-state index in [2.05, 4.69) is 19.2 Å². The highest BCUT2D eigenvalue weighted by Crippen LogP contribution is 2.29. The van der Waals surface area contributed by atoms with Gasteiger partial charge in [0.1, 0.15) is 36.3 Å². The summed E-state index contributed by atoms with van der Waals surface area (Å²) in [5, 5.41) is 68.0. The molecule has 15 heteroatoms. The van der Waals surface area contributed by atoms with Crippen LogP contribution in [-0.2, 0) is 23.7 Å². The van der Waals surface area contributed by atoms with Crippen molar-refractivity contribution in [3.8, 4) is 5.75 Å². The molecular formula is C60H107NO14. The summed E-state index contributed by atoms with van der Waals surface area (Å²) in [6, 6.07) is 4.51. The third-order valence-corrected chi connectivity index (χ3v) is 15.1. The van der Waals surface area contributed by atoms with Crippen LogP contribution in [0.4, 0.5) is 4.79 Å². The number of aliphatic hydroxyl groups is 6. The van der Waals surface area contributed by atoms with E-state index >= 15 is 0 Å². The first kappa shape index (κ1) is 68.2. The number of rotatable bonds is 49. The van der Waals surface area contributed by atoms with Crippen molar-refractivity contribution in [1.82, 2.24) is 5.32 Å². The number of hydrogen-bond acceptors (Lipinski definition) is 14. The molecule has 0 aromatic heterocycles. The van der Waals surface area contributed by atoms with E-state index in [1.54, 1.807) is 12.1 Å². The molecule has 7 N–H and O–H groups in total. The molecule has 1 aliphatic rings. The lowest BCUT2D eigenvalue weighted by Crippen LogP contribution is -2.62. The average Bonchev–Trinajstić information content (AvgIpc) is 3.41. The lowest BCUT2D eigenvalue weighted by molar-refractivity contribution is -0.303. The van der Waals surface area contributed by atoms with E-state index in [9.17, 15) is 45.0 Å². The van der Waals surface area contributed by atoms with Crippen molar-refractivity contribution in [3.05, 3.63) is 29.8 Å². The van der Waals surface area contributed by atoms with E-state index in [1.165, 1.54) is 173 Å². The molecule has 1 fully saturated rings. The molecule has 75 heavy (non-hydrogen) atoms. The molecule has 0 spiro atoms. The number of nitrogens with one attached hydrogen (secondary N) is 1. The number of carbonyl (C=O) groups is 3. The van der Waals surface area contributed by atoms with Gasteiger partial charge in [-0.1, -0.05) is 232 Å². The Morgan fingerprint density at radius 1 is 0.587 bits per heavy atom. The second kappa shape index (κ2) is 44.0. The van der Waals surface area contributed by atoms with Gasteiger partial charge in [-0.05, 0) is 37.1 Å². The summed E-state index contributed by atoms with van der Waals surface area (Å²) in [4.78, 5) is 40.1. The first-order chi connectivity index (χ1) is 36.4. The van der Waals surface area contributed by atoms with Gasteiger partial charge in [0.2, 0.25) is 6.79 Å². The predicted octanol–water partition coefficient (Wildman–Crippen LogP) is 11.9. The highest BCUT2D eigenvalue weighted by Gasteiger charge is 2.48. The summed E-state index contributed by atoms with van der Waals surface area (Å²) in [6.07, 6.45) is 30.0.